The number of fused-ring (bicyclic) bond motifs is 1. The molecule has 2 unspecified atom stereocenters. The number of morpholine rings is 1. The van der Waals surface area contributed by atoms with Gasteiger partial charge in [0.25, 0.3) is 0 Å². The summed E-state index contributed by atoms with van der Waals surface area (Å²) in [5.41, 5.74) is 2.77. The summed E-state index contributed by atoms with van der Waals surface area (Å²) in [6.45, 7) is 1.93. The molecule has 1 heterocycles. The van der Waals surface area contributed by atoms with E-state index >= 15 is 0 Å². The molecule has 1 saturated heterocycles. The molecule has 2 aliphatic rings. The molecule has 1 fully saturated rings. The fourth-order valence-corrected chi connectivity index (χ4v) is 6.15. The highest BCUT2D eigenvalue weighted by Gasteiger charge is 2.26. The van der Waals surface area contributed by atoms with Gasteiger partial charge in [0.15, 0.2) is 0 Å². The van der Waals surface area contributed by atoms with Crippen molar-refractivity contribution in [3.8, 4) is 0 Å². The van der Waals surface area contributed by atoms with Crippen LogP contribution in [0.25, 0.3) is 0 Å². The van der Waals surface area contributed by atoms with E-state index in [1.54, 1.807) is 13.2 Å². The van der Waals surface area contributed by atoms with Crippen LogP contribution in [0, 0.1) is 5.82 Å². The number of sulfonamides is 1. The number of hydrogen-bond acceptors (Lipinski definition) is 5. The molecule has 0 aromatic heterocycles. The van der Waals surface area contributed by atoms with E-state index in [1.807, 2.05) is 11.0 Å². The minimum Gasteiger partial charge on any atom is -0.382 e. The molecule has 1 N–H and O–H groups in total. The van der Waals surface area contributed by atoms with Crippen molar-refractivity contribution in [3.63, 3.8) is 0 Å². The standard InChI is InChI=1S/C23H28BrFN2O4S/c1-30-15-20-14-27(9-10-31-20)23-8-7-21(13-22(23)25)32(28,29)26-19-4-2-3-16-5-6-18(24)11-17(16)12-19/h5-8,11,13,19-20,26H,2-4,9-10,12,14-15H2,1H3. The molecule has 0 saturated carbocycles. The monoisotopic (exact) mass is 526 g/mol. The number of nitrogens with one attached hydrogen (secondary N) is 1. The Morgan fingerprint density at radius 3 is 2.88 bits per heavy atom. The van der Waals surface area contributed by atoms with Gasteiger partial charge in [-0.1, -0.05) is 22.0 Å². The molecular weight excluding hydrogens is 499 g/mol. The Kier molecular flexibility index (Phi) is 7.51. The van der Waals surface area contributed by atoms with Gasteiger partial charge in [0.05, 0.1) is 29.9 Å². The fraction of sp³-hybridized carbons (Fsp3) is 0.478. The maximum atomic E-state index is 15.0. The predicted molar refractivity (Wildman–Crippen MR) is 125 cm³/mol. The second-order valence-electron chi connectivity index (χ2n) is 8.33. The van der Waals surface area contributed by atoms with E-state index in [1.165, 1.54) is 11.6 Å². The van der Waals surface area contributed by atoms with E-state index in [0.29, 0.717) is 38.4 Å². The number of rotatable bonds is 6. The normalized spacial score (nSPS) is 21.8. The lowest BCUT2D eigenvalue weighted by molar-refractivity contribution is -0.0102. The smallest absolute Gasteiger partial charge is 0.240 e. The number of methoxy groups -OCH3 is 1. The second-order valence-corrected chi connectivity index (χ2v) is 11.0. The first kappa shape index (κ1) is 23.6. The minimum atomic E-state index is -3.84. The molecule has 0 amide bonds. The van der Waals surface area contributed by atoms with Gasteiger partial charge >= 0.3 is 0 Å². The summed E-state index contributed by atoms with van der Waals surface area (Å²) in [5, 5.41) is 0. The fourth-order valence-electron chi connectivity index (χ4n) is 4.46. The summed E-state index contributed by atoms with van der Waals surface area (Å²) < 4.78 is 55.5. The molecule has 0 radical (unpaired) electrons. The third-order valence-electron chi connectivity index (χ3n) is 6.02. The van der Waals surface area contributed by atoms with Crippen LogP contribution in [-0.4, -0.2) is 54.0 Å². The van der Waals surface area contributed by atoms with Crippen molar-refractivity contribution in [1.29, 1.82) is 0 Å². The Balaban J connectivity index is 1.49. The topological polar surface area (TPSA) is 67.9 Å². The first-order valence-electron chi connectivity index (χ1n) is 10.8. The Labute approximate surface area is 197 Å². The molecule has 1 aliphatic carbocycles. The summed E-state index contributed by atoms with van der Waals surface area (Å²) in [5.74, 6) is -0.555. The summed E-state index contributed by atoms with van der Waals surface area (Å²) >= 11 is 3.49. The van der Waals surface area contributed by atoms with Gasteiger partial charge in [-0.25, -0.2) is 17.5 Å². The van der Waals surface area contributed by atoms with Crippen molar-refractivity contribution in [2.45, 2.75) is 42.7 Å². The zero-order chi connectivity index (χ0) is 22.7. The van der Waals surface area contributed by atoms with Gasteiger partial charge in [0.1, 0.15) is 5.82 Å². The molecule has 1 aliphatic heterocycles. The van der Waals surface area contributed by atoms with Crippen LogP contribution in [-0.2, 0) is 32.3 Å². The average Bonchev–Trinajstić information content (AvgIpc) is 2.94. The summed E-state index contributed by atoms with van der Waals surface area (Å²) in [6, 6.07) is 10.1. The minimum absolute atomic E-state index is 0.0563. The largest absolute Gasteiger partial charge is 0.382 e. The molecule has 174 valence electrons. The molecular formula is C23H28BrFN2O4S. The van der Waals surface area contributed by atoms with Crippen molar-refractivity contribution in [1.82, 2.24) is 4.72 Å². The lowest BCUT2D eigenvalue weighted by atomic mass is 10.0. The highest BCUT2D eigenvalue weighted by Crippen LogP contribution is 2.27. The number of anilines is 1. The predicted octanol–water partition coefficient (Wildman–Crippen LogP) is 3.67. The van der Waals surface area contributed by atoms with Crippen LogP contribution in [0.4, 0.5) is 10.1 Å². The van der Waals surface area contributed by atoms with Crippen LogP contribution < -0.4 is 9.62 Å². The molecule has 0 bridgehead atoms. The van der Waals surface area contributed by atoms with Gasteiger partial charge < -0.3 is 14.4 Å². The lowest BCUT2D eigenvalue weighted by Gasteiger charge is -2.34. The van der Waals surface area contributed by atoms with Crippen LogP contribution in [0.5, 0.6) is 0 Å². The molecule has 2 aromatic carbocycles. The van der Waals surface area contributed by atoms with Crippen molar-refractivity contribution in [2.24, 2.45) is 0 Å². The Morgan fingerprint density at radius 2 is 2.09 bits per heavy atom. The first-order valence-corrected chi connectivity index (χ1v) is 13.1. The van der Waals surface area contributed by atoms with Crippen molar-refractivity contribution in [2.75, 3.05) is 38.3 Å². The van der Waals surface area contributed by atoms with Crippen molar-refractivity contribution >= 4 is 31.6 Å². The lowest BCUT2D eigenvalue weighted by Crippen LogP contribution is -2.44. The molecule has 4 rings (SSSR count). The number of hydrogen-bond donors (Lipinski definition) is 1. The molecule has 9 heteroatoms. The SMILES string of the molecule is COCC1CN(c2ccc(S(=O)(=O)NC3CCCc4ccc(Br)cc4C3)cc2F)CCO1. The summed E-state index contributed by atoms with van der Waals surface area (Å²) in [6.07, 6.45) is 3.03. The molecule has 0 spiro atoms. The van der Waals surface area contributed by atoms with Gasteiger partial charge in [-0.05, 0) is 67.1 Å². The van der Waals surface area contributed by atoms with E-state index in [-0.39, 0.29) is 17.0 Å². The Hall–Kier alpha value is -1.52. The van der Waals surface area contributed by atoms with Crippen LogP contribution in [0.3, 0.4) is 0 Å². The van der Waals surface area contributed by atoms with Crippen LogP contribution in [0.2, 0.25) is 0 Å². The van der Waals surface area contributed by atoms with E-state index in [9.17, 15) is 12.8 Å². The van der Waals surface area contributed by atoms with Crippen LogP contribution in [0.15, 0.2) is 45.8 Å². The molecule has 2 aromatic rings. The van der Waals surface area contributed by atoms with E-state index < -0.39 is 15.8 Å². The third kappa shape index (κ3) is 5.51. The maximum Gasteiger partial charge on any atom is 0.240 e. The second kappa shape index (κ2) is 10.2. The number of aryl methyl sites for hydroxylation is 1. The van der Waals surface area contributed by atoms with Gasteiger partial charge in [0.2, 0.25) is 10.0 Å². The number of benzene rings is 2. The number of nitrogens with zero attached hydrogens (tertiary/aromatic N) is 1. The zero-order valence-corrected chi connectivity index (χ0v) is 20.4. The highest BCUT2D eigenvalue weighted by molar-refractivity contribution is 9.10. The zero-order valence-electron chi connectivity index (χ0n) is 18.0. The molecule has 2 atom stereocenters. The Morgan fingerprint density at radius 1 is 1.25 bits per heavy atom. The van der Waals surface area contributed by atoms with Gasteiger partial charge in [-0.15, -0.1) is 0 Å². The van der Waals surface area contributed by atoms with Crippen LogP contribution >= 0.6 is 15.9 Å². The number of halogens is 2. The van der Waals surface area contributed by atoms with Gasteiger partial charge in [-0.2, -0.15) is 0 Å². The van der Waals surface area contributed by atoms with Crippen LogP contribution in [0.1, 0.15) is 24.0 Å². The van der Waals surface area contributed by atoms with E-state index in [4.69, 9.17) is 9.47 Å². The summed E-state index contributed by atoms with van der Waals surface area (Å²) in [7, 11) is -2.24. The summed E-state index contributed by atoms with van der Waals surface area (Å²) in [4.78, 5) is 1.81. The van der Waals surface area contributed by atoms with E-state index in [2.05, 4.69) is 32.8 Å². The van der Waals surface area contributed by atoms with E-state index in [0.717, 1.165) is 35.4 Å². The van der Waals surface area contributed by atoms with Crippen molar-refractivity contribution in [3.05, 3.63) is 57.8 Å². The average molecular weight is 527 g/mol. The first-order chi connectivity index (χ1) is 15.4. The molecule has 6 nitrogen and oxygen atoms in total. The van der Waals surface area contributed by atoms with Gasteiger partial charge in [0, 0.05) is 30.7 Å². The Bertz CT molecular complexity index is 1060. The highest BCUT2D eigenvalue weighted by atomic mass is 79.9. The third-order valence-corrected chi connectivity index (χ3v) is 8.03. The maximum absolute atomic E-state index is 15.0. The van der Waals surface area contributed by atoms with Crippen molar-refractivity contribution < 1.29 is 22.3 Å². The molecule has 32 heavy (non-hydrogen) atoms. The quantitative estimate of drug-likeness (QED) is 0.581. The number of ether oxygens (including phenoxy) is 2. The van der Waals surface area contributed by atoms with Gasteiger partial charge in [-0.3, -0.25) is 0 Å².